The second kappa shape index (κ2) is 11.8. The third kappa shape index (κ3) is 6.21. The monoisotopic (exact) mass is 491 g/mol. The Morgan fingerprint density at radius 3 is 2.00 bits per heavy atom. The second-order valence-corrected chi connectivity index (χ2v) is 9.88. The zero-order valence-electron chi connectivity index (χ0n) is 22.0. The molecule has 0 heterocycles. The van der Waals surface area contributed by atoms with Crippen LogP contribution in [0.25, 0.3) is 11.1 Å². The maximum absolute atomic E-state index is 12.3. The average molecular weight is 492 g/mol. The second-order valence-electron chi connectivity index (χ2n) is 9.88. The van der Waals surface area contributed by atoms with Gasteiger partial charge in [-0.05, 0) is 88.5 Å². The molecule has 0 aliphatic heterocycles. The van der Waals surface area contributed by atoms with E-state index in [9.17, 15) is 4.79 Å². The number of hydrogen-bond acceptors (Lipinski definition) is 3. The molecular formula is C33H37N3O. The molecule has 1 amide bonds. The molecule has 0 aliphatic rings. The first-order chi connectivity index (χ1) is 17.9. The van der Waals surface area contributed by atoms with Crippen molar-refractivity contribution in [2.75, 3.05) is 18.0 Å². The number of carbonyl (C=O) groups excluding carboxylic acids is 1. The van der Waals surface area contributed by atoms with Crippen LogP contribution in [0, 0.1) is 0 Å². The van der Waals surface area contributed by atoms with Crippen LogP contribution in [0.1, 0.15) is 71.6 Å². The van der Waals surface area contributed by atoms with E-state index in [2.05, 4.69) is 79.8 Å². The van der Waals surface area contributed by atoms with Gasteiger partial charge in [0.25, 0.3) is 5.91 Å². The Labute approximate surface area is 220 Å². The zero-order valence-corrected chi connectivity index (χ0v) is 22.0. The first kappa shape index (κ1) is 26.0. The third-order valence-electron chi connectivity index (χ3n) is 7.03. The number of anilines is 2. The smallest absolute Gasteiger partial charge is 0.251 e. The summed E-state index contributed by atoms with van der Waals surface area (Å²) in [4.78, 5) is 12.3. The molecule has 0 aliphatic carbocycles. The van der Waals surface area contributed by atoms with Gasteiger partial charge in [-0.3, -0.25) is 4.79 Å². The molecule has 4 heteroatoms. The number of hydrogen-bond donors (Lipinski definition) is 3. The van der Waals surface area contributed by atoms with E-state index in [4.69, 9.17) is 11.5 Å². The molecule has 37 heavy (non-hydrogen) atoms. The number of benzene rings is 4. The van der Waals surface area contributed by atoms with E-state index in [0.29, 0.717) is 12.1 Å². The number of carbonyl (C=O) groups is 1. The standard InChI is InChI=1S/C33H37N3O/c1-4-18-36-33(37)26-12-10-24(11-13-26)19-22(2)31-20-27(34)14-16-29(31)30-17-15-28(35)21-32(30)23(3)25-8-6-5-7-9-25/h5-17,20-23H,4,18-19,34-35H2,1-3H3,(H,36,37). The lowest BCUT2D eigenvalue weighted by Gasteiger charge is -2.23. The van der Waals surface area contributed by atoms with Crippen molar-refractivity contribution in [1.29, 1.82) is 0 Å². The van der Waals surface area contributed by atoms with Crippen LogP contribution in [0.2, 0.25) is 0 Å². The Morgan fingerprint density at radius 2 is 1.38 bits per heavy atom. The lowest BCUT2D eigenvalue weighted by atomic mass is 9.82. The van der Waals surface area contributed by atoms with Crippen molar-refractivity contribution in [1.82, 2.24) is 5.32 Å². The van der Waals surface area contributed by atoms with Crippen molar-refractivity contribution in [2.24, 2.45) is 0 Å². The molecule has 4 rings (SSSR count). The minimum atomic E-state index is -0.0250. The van der Waals surface area contributed by atoms with Crippen LogP contribution < -0.4 is 16.8 Å². The molecule has 4 nitrogen and oxygen atoms in total. The molecule has 0 radical (unpaired) electrons. The maximum atomic E-state index is 12.3. The quantitative estimate of drug-likeness (QED) is 0.217. The molecule has 4 aromatic carbocycles. The van der Waals surface area contributed by atoms with Crippen LogP contribution in [-0.2, 0) is 6.42 Å². The lowest BCUT2D eigenvalue weighted by Crippen LogP contribution is -2.23. The molecule has 2 unspecified atom stereocenters. The number of amides is 1. The molecule has 0 aromatic heterocycles. The number of nitrogens with two attached hydrogens (primary N) is 2. The molecule has 0 spiro atoms. The van der Waals surface area contributed by atoms with E-state index in [1.54, 1.807) is 0 Å². The fourth-order valence-electron chi connectivity index (χ4n) is 4.94. The molecule has 0 saturated carbocycles. The van der Waals surface area contributed by atoms with E-state index in [0.717, 1.165) is 24.2 Å². The average Bonchev–Trinajstić information content (AvgIpc) is 2.92. The molecule has 5 N–H and O–H groups in total. The molecule has 0 fully saturated rings. The molecule has 2 atom stereocenters. The highest BCUT2D eigenvalue weighted by molar-refractivity contribution is 5.94. The van der Waals surface area contributed by atoms with Crippen LogP contribution in [-0.4, -0.2) is 12.5 Å². The Morgan fingerprint density at radius 1 is 0.784 bits per heavy atom. The summed E-state index contributed by atoms with van der Waals surface area (Å²) in [5.41, 5.74) is 21.9. The summed E-state index contributed by atoms with van der Waals surface area (Å²) in [5, 5.41) is 2.93. The predicted octanol–water partition coefficient (Wildman–Crippen LogP) is 7.16. The van der Waals surface area contributed by atoms with E-state index >= 15 is 0 Å². The van der Waals surface area contributed by atoms with Crippen LogP contribution >= 0.6 is 0 Å². The SMILES string of the molecule is CCCNC(=O)c1ccc(CC(C)c2cc(N)ccc2-c2ccc(N)cc2C(C)c2ccccc2)cc1. The van der Waals surface area contributed by atoms with Gasteiger partial charge in [0.05, 0.1) is 0 Å². The molecule has 0 saturated heterocycles. The van der Waals surface area contributed by atoms with Gasteiger partial charge in [-0.25, -0.2) is 0 Å². The minimum Gasteiger partial charge on any atom is -0.399 e. The maximum Gasteiger partial charge on any atom is 0.251 e. The summed E-state index contributed by atoms with van der Waals surface area (Å²) < 4.78 is 0. The number of rotatable bonds is 9. The van der Waals surface area contributed by atoms with Crippen molar-refractivity contribution >= 4 is 17.3 Å². The highest BCUT2D eigenvalue weighted by atomic mass is 16.1. The van der Waals surface area contributed by atoms with E-state index in [1.165, 1.54) is 33.4 Å². The fraction of sp³-hybridized carbons (Fsp3) is 0.242. The van der Waals surface area contributed by atoms with Crippen molar-refractivity contribution in [3.05, 3.63) is 119 Å². The van der Waals surface area contributed by atoms with Gasteiger partial charge in [0.2, 0.25) is 0 Å². The van der Waals surface area contributed by atoms with E-state index in [1.807, 2.05) is 37.3 Å². The van der Waals surface area contributed by atoms with Crippen molar-refractivity contribution < 1.29 is 4.79 Å². The topological polar surface area (TPSA) is 81.1 Å². The third-order valence-corrected chi connectivity index (χ3v) is 7.03. The first-order valence-corrected chi connectivity index (χ1v) is 13.1. The Kier molecular flexibility index (Phi) is 8.29. The van der Waals surface area contributed by atoms with Gasteiger partial charge in [0.15, 0.2) is 0 Å². The summed E-state index contributed by atoms with van der Waals surface area (Å²) in [7, 11) is 0. The minimum absolute atomic E-state index is 0.0250. The Bertz CT molecular complexity index is 1350. The predicted molar refractivity (Wildman–Crippen MR) is 156 cm³/mol. The van der Waals surface area contributed by atoms with E-state index < -0.39 is 0 Å². The lowest BCUT2D eigenvalue weighted by molar-refractivity contribution is 0.0953. The van der Waals surface area contributed by atoms with Crippen LogP contribution in [0.3, 0.4) is 0 Å². The van der Waals surface area contributed by atoms with Gasteiger partial charge in [-0.1, -0.05) is 75.4 Å². The van der Waals surface area contributed by atoms with Crippen molar-refractivity contribution in [3.63, 3.8) is 0 Å². The summed E-state index contributed by atoms with van der Waals surface area (Å²) in [5.74, 6) is 0.380. The molecule has 0 bridgehead atoms. The largest absolute Gasteiger partial charge is 0.399 e. The van der Waals surface area contributed by atoms with Gasteiger partial charge >= 0.3 is 0 Å². The van der Waals surface area contributed by atoms with Crippen molar-refractivity contribution in [3.8, 4) is 11.1 Å². The van der Waals surface area contributed by atoms with Gasteiger partial charge in [0.1, 0.15) is 0 Å². The van der Waals surface area contributed by atoms with Crippen LogP contribution in [0.5, 0.6) is 0 Å². The number of nitrogen functional groups attached to an aromatic ring is 2. The first-order valence-electron chi connectivity index (χ1n) is 13.1. The summed E-state index contributed by atoms with van der Waals surface area (Å²) in [6.45, 7) is 7.20. The van der Waals surface area contributed by atoms with Gasteiger partial charge in [0, 0.05) is 29.4 Å². The molecular weight excluding hydrogens is 454 g/mol. The van der Waals surface area contributed by atoms with Crippen LogP contribution in [0.15, 0.2) is 91.0 Å². The van der Waals surface area contributed by atoms with Crippen molar-refractivity contribution in [2.45, 2.75) is 45.4 Å². The summed E-state index contributed by atoms with van der Waals surface area (Å²) in [6.07, 6.45) is 1.76. The fourth-order valence-corrected chi connectivity index (χ4v) is 4.94. The molecule has 4 aromatic rings. The summed E-state index contributed by atoms with van der Waals surface area (Å²) >= 11 is 0. The van der Waals surface area contributed by atoms with Crippen LogP contribution in [0.4, 0.5) is 11.4 Å². The van der Waals surface area contributed by atoms with Gasteiger partial charge in [-0.15, -0.1) is 0 Å². The van der Waals surface area contributed by atoms with E-state index in [-0.39, 0.29) is 17.7 Å². The highest BCUT2D eigenvalue weighted by Gasteiger charge is 2.19. The van der Waals surface area contributed by atoms with Gasteiger partial charge in [-0.2, -0.15) is 0 Å². The highest BCUT2D eigenvalue weighted by Crippen LogP contribution is 2.39. The zero-order chi connectivity index (χ0) is 26.4. The normalized spacial score (nSPS) is 12.6. The molecule has 190 valence electrons. The Balaban J connectivity index is 1.66. The Hall–Kier alpha value is -4.05. The number of nitrogens with one attached hydrogen (secondary N) is 1. The summed E-state index contributed by atoms with van der Waals surface area (Å²) in [6, 6.07) is 30.9. The van der Waals surface area contributed by atoms with Gasteiger partial charge < -0.3 is 16.8 Å².